The number of anilines is 1. The molecule has 2 rings (SSSR count). The quantitative estimate of drug-likeness (QED) is 0.468. The van der Waals surface area contributed by atoms with Crippen LogP contribution in [0.5, 0.6) is 0 Å². The molecule has 9 heteroatoms. The summed E-state index contributed by atoms with van der Waals surface area (Å²) in [6.45, 7) is 6.76. The lowest BCUT2D eigenvalue weighted by Gasteiger charge is -2.35. The van der Waals surface area contributed by atoms with Crippen molar-refractivity contribution in [3.05, 3.63) is 12.4 Å². The highest BCUT2D eigenvalue weighted by atomic mass is 16.6. The van der Waals surface area contributed by atoms with Gasteiger partial charge in [0.05, 0.1) is 11.9 Å². The Kier molecular flexibility index (Phi) is 5.66. The van der Waals surface area contributed by atoms with E-state index >= 15 is 0 Å². The van der Waals surface area contributed by atoms with Gasteiger partial charge in [-0.25, -0.2) is 0 Å². The molecule has 9 nitrogen and oxygen atoms in total. The SMILES string of the molecule is CN=C(NCC(=O)OC(C)(C)C)N1CCN(c2cnn(C)c2)C(=O)C1. The number of hydrogen-bond donors (Lipinski definition) is 1. The first kappa shape index (κ1) is 18.8. The van der Waals surface area contributed by atoms with Gasteiger partial charge in [0.2, 0.25) is 5.91 Å². The van der Waals surface area contributed by atoms with Crippen molar-refractivity contribution >= 4 is 23.5 Å². The number of esters is 1. The van der Waals surface area contributed by atoms with Gasteiger partial charge in [-0.3, -0.25) is 19.3 Å². The summed E-state index contributed by atoms with van der Waals surface area (Å²) in [5.74, 6) is 0.0958. The maximum atomic E-state index is 12.4. The summed E-state index contributed by atoms with van der Waals surface area (Å²) in [4.78, 5) is 31.9. The smallest absolute Gasteiger partial charge is 0.325 e. The first-order chi connectivity index (χ1) is 11.7. The normalized spacial score (nSPS) is 16.2. The number of guanidine groups is 1. The number of amides is 1. The van der Waals surface area contributed by atoms with Crippen LogP contribution < -0.4 is 10.2 Å². The second kappa shape index (κ2) is 7.54. The zero-order chi connectivity index (χ0) is 18.6. The van der Waals surface area contributed by atoms with Crippen LogP contribution in [0.15, 0.2) is 17.4 Å². The Hall–Kier alpha value is -2.58. The van der Waals surface area contributed by atoms with E-state index in [1.165, 1.54) is 0 Å². The van der Waals surface area contributed by atoms with Gasteiger partial charge in [0, 0.05) is 33.4 Å². The molecule has 2 heterocycles. The zero-order valence-corrected chi connectivity index (χ0v) is 15.4. The van der Waals surface area contributed by atoms with Crippen LogP contribution in [-0.4, -0.2) is 71.3 Å². The lowest BCUT2D eigenvalue weighted by atomic mass is 10.2. The topological polar surface area (TPSA) is 92.1 Å². The minimum Gasteiger partial charge on any atom is -0.459 e. The minimum atomic E-state index is -0.534. The molecule has 1 saturated heterocycles. The van der Waals surface area contributed by atoms with E-state index in [1.54, 1.807) is 22.8 Å². The number of nitrogens with zero attached hydrogens (tertiary/aromatic N) is 5. The molecule has 0 saturated carbocycles. The second-order valence-electron chi connectivity index (χ2n) is 6.83. The van der Waals surface area contributed by atoms with Gasteiger partial charge in [-0.15, -0.1) is 0 Å². The largest absolute Gasteiger partial charge is 0.459 e. The summed E-state index contributed by atoms with van der Waals surface area (Å²) in [5, 5.41) is 7.05. The van der Waals surface area contributed by atoms with Crippen LogP contribution in [0.2, 0.25) is 0 Å². The molecule has 1 aliphatic heterocycles. The molecule has 1 amide bonds. The number of carbonyl (C=O) groups is 2. The maximum Gasteiger partial charge on any atom is 0.325 e. The Labute approximate surface area is 147 Å². The molecule has 25 heavy (non-hydrogen) atoms. The summed E-state index contributed by atoms with van der Waals surface area (Å²) < 4.78 is 6.92. The van der Waals surface area contributed by atoms with E-state index in [9.17, 15) is 9.59 Å². The molecule has 1 aromatic rings. The van der Waals surface area contributed by atoms with Crippen molar-refractivity contribution in [2.24, 2.45) is 12.0 Å². The molecule has 0 spiro atoms. The third-order valence-corrected chi connectivity index (χ3v) is 3.55. The molecule has 0 atom stereocenters. The highest BCUT2D eigenvalue weighted by Crippen LogP contribution is 2.16. The Bertz CT molecular complexity index is 661. The van der Waals surface area contributed by atoms with Crippen molar-refractivity contribution in [1.29, 1.82) is 0 Å². The number of aromatic nitrogens is 2. The number of rotatable bonds is 3. The van der Waals surface area contributed by atoms with Gasteiger partial charge in [0.25, 0.3) is 0 Å². The van der Waals surface area contributed by atoms with Crippen LogP contribution in [0.1, 0.15) is 20.8 Å². The highest BCUT2D eigenvalue weighted by molar-refractivity contribution is 5.98. The molecule has 0 aliphatic carbocycles. The standard InChI is InChI=1S/C16H26N6O3/c1-16(2,3)25-14(24)9-18-15(17-4)21-6-7-22(13(23)11-21)12-8-19-20(5)10-12/h8,10H,6-7,9,11H2,1-5H3,(H,17,18). The lowest BCUT2D eigenvalue weighted by molar-refractivity contribution is -0.153. The van der Waals surface area contributed by atoms with Gasteiger partial charge < -0.3 is 19.9 Å². The summed E-state index contributed by atoms with van der Waals surface area (Å²) in [5.41, 5.74) is 0.247. The van der Waals surface area contributed by atoms with Gasteiger partial charge >= 0.3 is 5.97 Å². The first-order valence-corrected chi connectivity index (χ1v) is 8.16. The fourth-order valence-electron chi connectivity index (χ4n) is 2.54. The first-order valence-electron chi connectivity index (χ1n) is 8.16. The van der Waals surface area contributed by atoms with Gasteiger partial charge in [0.1, 0.15) is 18.7 Å². The van der Waals surface area contributed by atoms with Gasteiger partial charge in [-0.2, -0.15) is 5.10 Å². The monoisotopic (exact) mass is 350 g/mol. The van der Waals surface area contributed by atoms with E-state index in [1.807, 2.05) is 38.9 Å². The summed E-state index contributed by atoms with van der Waals surface area (Å²) in [6, 6.07) is 0. The Balaban J connectivity index is 1.91. The molecule has 0 radical (unpaired) electrons. The second-order valence-corrected chi connectivity index (χ2v) is 6.83. The summed E-state index contributed by atoms with van der Waals surface area (Å²) >= 11 is 0. The van der Waals surface area contributed by atoms with E-state index < -0.39 is 5.60 Å². The van der Waals surface area contributed by atoms with E-state index in [0.717, 1.165) is 5.69 Å². The molecular weight excluding hydrogens is 324 g/mol. The van der Waals surface area contributed by atoms with Crippen molar-refractivity contribution in [3.8, 4) is 0 Å². The molecule has 0 aromatic carbocycles. The number of ether oxygens (including phenoxy) is 1. The molecular formula is C16H26N6O3. The molecule has 0 bridgehead atoms. The number of nitrogens with one attached hydrogen (secondary N) is 1. The average molecular weight is 350 g/mol. The van der Waals surface area contributed by atoms with Crippen molar-refractivity contribution in [1.82, 2.24) is 20.0 Å². The number of carbonyl (C=O) groups excluding carboxylic acids is 2. The molecule has 0 unspecified atom stereocenters. The third kappa shape index (κ3) is 5.20. The Morgan fingerprint density at radius 3 is 2.64 bits per heavy atom. The predicted molar refractivity (Wildman–Crippen MR) is 94.3 cm³/mol. The Morgan fingerprint density at radius 1 is 1.40 bits per heavy atom. The van der Waals surface area contributed by atoms with Crippen molar-refractivity contribution in [2.75, 3.05) is 38.1 Å². The maximum absolute atomic E-state index is 12.4. The van der Waals surface area contributed by atoms with E-state index in [-0.39, 0.29) is 25.0 Å². The fraction of sp³-hybridized carbons (Fsp3) is 0.625. The molecule has 1 aromatic heterocycles. The average Bonchev–Trinajstić information content (AvgIpc) is 2.92. The van der Waals surface area contributed by atoms with Gasteiger partial charge in [-0.05, 0) is 20.8 Å². The molecule has 1 fully saturated rings. The zero-order valence-electron chi connectivity index (χ0n) is 15.4. The van der Waals surface area contributed by atoms with Crippen LogP contribution in [0.4, 0.5) is 5.69 Å². The van der Waals surface area contributed by atoms with E-state index in [2.05, 4.69) is 15.4 Å². The number of aryl methyl sites for hydroxylation is 1. The minimum absolute atomic E-state index is 0.000946. The van der Waals surface area contributed by atoms with Gasteiger partial charge in [0.15, 0.2) is 5.96 Å². The van der Waals surface area contributed by atoms with Crippen LogP contribution in [0.25, 0.3) is 0 Å². The van der Waals surface area contributed by atoms with Crippen molar-refractivity contribution in [3.63, 3.8) is 0 Å². The highest BCUT2D eigenvalue weighted by Gasteiger charge is 2.28. The number of piperazine rings is 1. The van der Waals surface area contributed by atoms with Crippen molar-refractivity contribution in [2.45, 2.75) is 26.4 Å². The molecule has 138 valence electrons. The number of hydrogen-bond acceptors (Lipinski definition) is 5. The van der Waals surface area contributed by atoms with Crippen molar-refractivity contribution < 1.29 is 14.3 Å². The molecule has 1 aliphatic rings. The predicted octanol–water partition coefficient (Wildman–Crippen LogP) is -0.0142. The lowest BCUT2D eigenvalue weighted by Crippen LogP contribution is -2.56. The van der Waals surface area contributed by atoms with Crippen LogP contribution in [-0.2, 0) is 21.4 Å². The Morgan fingerprint density at radius 2 is 2.12 bits per heavy atom. The van der Waals surface area contributed by atoms with Crippen LogP contribution in [0, 0.1) is 0 Å². The van der Waals surface area contributed by atoms with E-state index in [4.69, 9.17) is 4.74 Å². The fourth-order valence-corrected chi connectivity index (χ4v) is 2.54. The van der Waals surface area contributed by atoms with E-state index in [0.29, 0.717) is 19.0 Å². The summed E-state index contributed by atoms with van der Waals surface area (Å²) in [7, 11) is 3.43. The summed E-state index contributed by atoms with van der Waals surface area (Å²) in [6.07, 6.45) is 3.48. The molecule has 1 N–H and O–H groups in total. The van der Waals surface area contributed by atoms with Crippen LogP contribution in [0.3, 0.4) is 0 Å². The van der Waals surface area contributed by atoms with Crippen LogP contribution >= 0.6 is 0 Å². The number of aliphatic imine (C=N–C) groups is 1. The van der Waals surface area contributed by atoms with Gasteiger partial charge in [-0.1, -0.05) is 0 Å². The third-order valence-electron chi connectivity index (χ3n) is 3.55.